The lowest BCUT2D eigenvalue weighted by atomic mass is 9.85. The van der Waals surface area contributed by atoms with Gasteiger partial charge >= 0.3 is 0 Å². The van der Waals surface area contributed by atoms with Crippen molar-refractivity contribution < 1.29 is 4.74 Å². The molecule has 1 aliphatic heterocycles. The molecule has 2 aliphatic rings. The maximum atomic E-state index is 5.88. The van der Waals surface area contributed by atoms with Gasteiger partial charge in [-0.05, 0) is 53.0 Å². The molecule has 2 unspecified atom stereocenters. The third kappa shape index (κ3) is 2.00. The largest absolute Gasteiger partial charge is 0.375 e. The SMILES string of the molecule is CNC1(c2nc3c(s2)CCC3)CC(C)OC(C)C1. The van der Waals surface area contributed by atoms with Crippen LogP contribution in [0.4, 0.5) is 0 Å². The Labute approximate surface area is 113 Å². The van der Waals surface area contributed by atoms with Crippen molar-refractivity contribution >= 4 is 11.3 Å². The summed E-state index contributed by atoms with van der Waals surface area (Å²) in [5, 5.41) is 4.84. The van der Waals surface area contributed by atoms with Crippen molar-refractivity contribution in [1.82, 2.24) is 10.3 Å². The number of aromatic nitrogens is 1. The summed E-state index contributed by atoms with van der Waals surface area (Å²) >= 11 is 1.93. The normalized spacial score (nSPS) is 35.7. The van der Waals surface area contributed by atoms with Crippen LogP contribution in [0.1, 0.15) is 48.7 Å². The fourth-order valence-electron chi connectivity index (χ4n) is 3.44. The summed E-state index contributed by atoms with van der Waals surface area (Å²) < 4.78 is 5.88. The zero-order valence-corrected chi connectivity index (χ0v) is 12.3. The molecule has 1 saturated heterocycles. The fraction of sp³-hybridized carbons (Fsp3) is 0.786. The van der Waals surface area contributed by atoms with Gasteiger partial charge in [-0.3, -0.25) is 0 Å². The number of rotatable bonds is 2. The molecule has 3 rings (SSSR count). The highest BCUT2D eigenvalue weighted by Crippen LogP contribution is 2.41. The highest BCUT2D eigenvalue weighted by molar-refractivity contribution is 7.12. The van der Waals surface area contributed by atoms with Crippen molar-refractivity contribution in [2.75, 3.05) is 7.05 Å². The van der Waals surface area contributed by atoms with Crippen LogP contribution in [-0.4, -0.2) is 24.2 Å². The van der Waals surface area contributed by atoms with Gasteiger partial charge in [-0.2, -0.15) is 0 Å². The van der Waals surface area contributed by atoms with Crippen molar-refractivity contribution in [2.45, 2.75) is 63.7 Å². The molecule has 3 nitrogen and oxygen atoms in total. The third-order valence-corrected chi connectivity index (χ3v) is 5.58. The monoisotopic (exact) mass is 266 g/mol. The Morgan fingerprint density at radius 3 is 2.61 bits per heavy atom. The number of nitrogens with one attached hydrogen (secondary N) is 1. The summed E-state index contributed by atoms with van der Waals surface area (Å²) in [7, 11) is 2.07. The molecule has 1 aromatic rings. The molecule has 0 bridgehead atoms. The number of nitrogens with zero attached hydrogens (tertiary/aromatic N) is 1. The van der Waals surface area contributed by atoms with Crippen LogP contribution in [0.25, 0.3) is 0 Å². The van der Waals surface area contributed by atoms with Crippen LogP contribution in [0.3, 0.4) is 0 Å². The first kappa shape index (κ1) is 12.6. The minimum Gasteiger partial charge on any atom is -0.375 e. The first-order valence-corrected chi connectivity index (χ1v) is 7.78. The van der Waals surface area contributed by atoms with Crippen molar-refractivity contribution in [2.24, 2.45) is 0 Å². The predicted octanol–water partition coefficient (Wildman–Crippen LogP) is 2.63. The zero-order valence-electron chi connectivity index (χ0n) is 11.5. The van der Waals surface area contributed by atoms with Crippen LogP contribution in [0.2, 0.25) is 0 Å². The van der Waals surface area contributed by atoms with Gasteiger partial charge in [-0.15, -0.1) is 11.3 Å². The number of thiazole rings is 1. The van der Waals surface area contributed by atoms with Crippen LogP contribution < -0.4 is 5.32 Å². The van der Waals surface area contributed by atoms with Gasteiger partial charge in [0, 0.05) is 4.88 Å². The standard InChI is InChI=1S/C14H22N2OS/c1-9-7-14(15-3,8-10(2)17-9)13-16-11-5-4-6-12(11)18-13/h9-10,15H,4-8H2,1-3H3. The van der Waals surface area contributed by atoms with Crippen molar-refractivity contribution in [3.63, 3.8) is 0 Å². The smallest absolute Gasteiger partial charge is 0.113 e. The lowest BCUT2D eigenvalue weighted by Gasteiger charge is -2.41. The number of hydrogen-bond acceptors (Lipinski definition) is 4. The topological polar surface area (TPSA) is 34.2 Å². The second-order valence-corrected chi connectivity index (χ2v) is 6.82. The van der Waals surface area contributed by atoms with E-state index in [-0.39, 0.29) is 5.54 Å². The van der Waals surface area contributed by atoms with Crippen LogP contribution in [-0.2, 0) is 23.1 Å². The molecule has 0 spiro atoms. The van der Waals surface area contributed by atoms with E-state index < -0.39 is 0 Å². The second kappa shape index (κ2) is 4.58. The molecule has 2 heterocycles. The molecular formula is C14H22N2OS. The summed E-state index contributed by atoms with van der Waals surface area (Å²) in [5.74, 6) is 0. The molecule has 100 valence electrons. The lowest BCUT2D eigenvalue weighted by molar-refractivity contribution is -0.0696. The first-order valence-electron chi connectivity index (χ1n) is 6.96. The van der Waals surface area contributed by atoms with Crippen LogP contribution >= 0.6 is 11.3 Å². The van der Waals surface area contributed by atoms with E-state index in [0.717, 1.165) is 12.8 Å². The Kier molecular flexibility index (Phi) is 3.20. The molecule has 0 radical (unpaired) electrons. The van der Waals surface area contributed by atoms with E-state index in [4.69, 9.17) is 9.72 Å². The van der Waals surface area contributed by atoms with Gasteiger partial charge in [0.25, 0.3) is 0 Å². The van der Waals surface area contributed by atoms with Gasteiger partial charge in [0.05, 0.1) is 23.4 Å². The predicted molar refractivity (Wildman–Crippen MR) is 74.1 cm³/mol. The summed E-state index contributed by atoms with van der Waals surface area (Å²) in [6.07, 6.45) is 6.36. The molecular weight excluding hydrogens is 244 g/mol. The molecule has 1 aromatic heterocycles. The van der Waals surface area contributed by atoms with Gasteiger partial charge in [0.1, 0.15) is 5.01 Å². The minimum atomic E-state index is 0.0338. The number of aryl methyl sites for hydroxylation is 2. The summed E-state index contributed by atoms with van der Waals surface area (Å²) in [5.41, 5.74) is 1.39. The minimum absolute atomic E-state index is 0.0338. The van der Waals surface area contributed by atoms with E-state index in [9.17, 15) is 0 Å². The molecule has 4 heteroatoms. The average Bonchev–Trinajstić information content (AvgIpc) is 2.87. The summed E-state index contributed by atoms with van der Waals surface area (Å²) in [6, 6.07) is 0. The van der Waals surface area contributed by atoms with Crippen LogP contribution in [0, 0.1) is 0 Å². The van der Waals surface area contributed by atoms with Crippen LogP contribution in [0.15, 0.2) is 0 Å². The Morgan fingerprint density at radius 1 is 1.28 bits per heavy atom. The zero-order chi connectivity index (χ0) is 12.8. The quantitative estimate of drug-likeness (QED) is 0.893. The number of hydrogen-bond donors (Lipinski definition) is 1. The van der Waals surface area contributed by atoms with Crippen molar-refractivity contribution in [3.8, 4) is 0 Å². The van der Waals surface area contributed by atoms with E-state index in [1.807, 2.05) is 11.3 Å². The molecule has 1 N–H and O–H groups in total. The molecule has 2 atom stereocenters. The number of fused-ring (bicyclic) bond motifs is 1. The number of ether oxygens (including phenoxy) is 1. The van der Waals surface area contributed by atoms with E-state index in [2.05, 4.69) is 26.2 Å². The highest BCUT2D eigenvalue weighted by Gasteiger charge is 2.41. The van der Waals surface area contributed by atoms with E-state index in [1.54, 1.807) is 0 Å². The maximum Gasteiger partial charge on any atom is 0.113 e. The molecule has 1 aliphatic carbocycles. The average molecular weight is 266 g/mol. The Hall–Kier alpha value is -0.450. The van der Waals surface area contributed by atoms with Crippen molar-refractivity contribution in [1.29, 1.82) is 0 Å². The third-order valence-electron chi connectivity index (χ3n) is 4.22. The van der Waals surface area contributed by atoms with Gasteiger partial charge in [-0.1, -0.05) is 0 Å². The summed E-state index contributed by atoms with van der Waals surface area (Å²) in [4.78, 5) is 6.45. The Balaban J connectivity index is 1.94. The Morgan fingerprint density at radius 2 is 2.00 bits per heavy atom. The summed E-state index contributed by atoms with van der Waals surface area (Å²) in [6.45, 7) is 4.34. The van der Waals surface area contributed by atoms with E-state index in [0.29, 0.717) is 12.2 Å². The van der Waals surface area contributed by atoms with E-state index >= 15 is 0 Å². The molecule has 0 aromatic carbocycles. The Bertz CT molecular complexity index is 412. The first-order chi connectivity index (χ1) is 8.63. The second-order valence-electron chi connectivity index (χ2n) is 5.74. The highest BCUT2D eigenvalue weighted by atomic mass is 32.1. The molecule has 18 heavy (non-hydrogen) atoms. The van der Waals surface area contributed by atoms with E-state index in [1.165, 1.54) is 34.8 Å². The fourth-order valence-corrected chi connectivity index (χ4v) is 4.80. The van der Waals surface area contributed by atoms with Gasteiger partial charge < -0.3 is 10.1 Å². The van der Waals surface area contributed by atoms with Crippen molar-refractivity contribution in [3.05, 3.63) is 15.6 Å². The lowest BCUT2D eigenvalue weighted by Crippen LogP contribution is -2.49. The van der Waals surface area contributed by atoms with Crippen LogP contribution in [0.5, 0.6) is 0 Å². The molecule has 1 fully saturated rings. The van der Waals surface area contributed by atoms with Gasteiger partial charge in [0.15, 0.2) is 0 Å². The van der Waals surface area contributed by atoms with Gasteiger partial charge in [0.2, 0.25) is 0 Å². The van der Waals surface area contributed by atoms with Gasteiger partial charge in [-0.25, -0.2) is 4.98 Å². The molecule has 0 saturated carbocycles. The maximum absolute atomic E-state index is 5.88. The molecule has 0 amide bonds.